The van der Waals surface area contributed by atoms with Gasteiger partial charge in [0.25, 0.3) is 0 Å². The Bertz CT molecular complexity index is 1300. The van der Waals surface area contributed by atoms with E-state index in [2.05, 4.69) is 32.9 Å². The number of esters is 3. The molecule has 0 saturated heterocycles. The van der Waals surface area contributed by atoms with Gasteiger partial charge in [-0.15, -0.1) is 0 Å². The Balaban J connectivity index is 4.26. The van der Waals surface area contributed by atoms with Crippen LogP contribution in [0.1, 0.15) is 445 Å². The first-order valence-electron chi connectivity index (χ1n) is 38.2. The van der Waals surface area contributed by atoms with E-state index in [4.69, 9.17) is 14.2 Å². The van der Waals surface area contributed by atoms with Crippen LogP contribution in [0.4, 0.5) is 0 Å². The molecule has 0 saturated carbocycles. The van der Waals surface area contributed by atoms with Gasteiger partial charge in [-0.1, -0.05) is 392 Å². The molecule has 492 valence electrons. The molecule has 1 unspecified atom stereocenters. The van der Waals surface area contributed by atoms with E-state index in [1.807, 2.05) is 0 Å². The molecule has 0 aliphatic carbocycles. The van der Waals surface area contributed by atoms with E-state index in [9.17, 15) is 14.4 Å². The van der Waals surface area contributed by atoms with Crippen molar-refractivity contribution in [1.82, 2.24) is 0 Å². The Morgan fingerprint density at radius 3 is 0.602 bits per heavy atom. The fourth-order valence-electron chi connectivity index (χ4n) is 12.0. The van der Waals surface area contributed by atoms with Crippen LogP contribution in [0, 0.1) is 0 Å². The van der Waals surface area contributed by atoms with Gasteiger partial charge in [0.15, 0.2) is 6.10 Å². The summed E-state index contributed by atoms with van der Waals surface area (Å²) in [5, 5.41) is 0. The highest BCUT2D eigenvalue weighted by Crippen LogP contribution is 2.20. The van der Waals surface area contributed by atoms with E-state index in [-0.39, 0.29) is 31.1 Å². The van der Waals surface area contributed by atoms with Crippen LogP contribution in [-0.2, 0) is 28.6 Å². The second kappa shape index (κ2) is 72.6. The number of ether oxygens (including phenoxy) is 3. The molecule has 0 aromatic rings. The maximum absolute atomic E-state index is 13.0. The average Bonchev–Trinajstić information content (AvgIpc) is 3.50. The van der Waals surface area contributed by atoms with Gasteiger partial charge >= 0.3 is 17.9 Å². The zero-order valence-electron chi connectivity index (χ0n) is 56.8. The van der Waals surface area contributed by atoms with E-state index in [1.165, 1.54) is 347 Å². The minimum atomic E-state index is -0.767. The molecule has 0 heterocycles. The maximum atomic E-state index is 13.0. The van der Waals surface area contributed by atoms with Gasteiger partial charge in [-0.25, -0.2) is 0 Å². The molecule has 0 aromatic heterocycles. The molecule has 6 heteroatoms. The van der Waals surface area contributed by atoms with Crippen LogP contribution < -0.4 is 0 Å². The number of hydrogen-bond acceptors (Lipinski definition) is 6. The third-order valence-corrected chi connectivity index (χ3v) is 17.8. The normalized spacial score (nSPS) is 12.0. The number of unbranched alkanes of at least 4 members (excludes halogenated alkanes) is 59. The average molecular weight is 1170 g/mol. The Hall–Kier alpha value is -1.85. The van der Waals surface area contributed by atoms with Gasteiger partial charge in [-0.2, -0.15) is 0 Å². The van der Waals surface area contributed by atoms with E-state index >= 15 is 0 Å². The number of rotatable bonds is 72. The van der Waals surface area contributed by atoms with E-state index in [0.717, 1.165) is 57.8 Å². The molecule has 0 amide bonds. The molecular formula is C77H148O6. The summed E-state index contributed by atoms with van der Waals surface area (Å²) in [5.41, 5.74) is 0. The van der Waals surface area contributed by atoms with Crippen molar-refractivity contribution >= 4 is 17.9 Å². The maximum Gasteiger partial charge on any atom is 0.306 e. The topological polar surface area (TPSA) is 78.9 Å². The molecule has 0 fully saturated rings. The van der Waals surface area contributed by atoms with Gasteiger partial charge in [0.1, 0.15) is 13.2 Å². The molecule has 0 rings (SSSR count). The Kier molecular flexibility index (Phi) is 71.0. The summed E-state index contributed by atoms with van der Waals surface area (Å²) in [6.07, 6.45) is 88.3. The van der Waals surface area contributed by atoms with Gasteiger partial charge in [-0.05, 0) is 44.9 Å². The van der Waals surface area contributed by atoms with E-state index < -0.39 is 6.10 Å². The van der Waals surface area contributed by atoms with Crippen LogP contribution in [0.15, 0.2) is 12.2 Å². The minimum Gasteiger partial charge on any atom is -0.462 e. The standard InChI is InChI=1S/C77H148O6/c1-4-7-10-13-16-19-22-25-28-31-34-36-37-38-39-41-43-46-49-52-55-58-61-64-67-70-76(79)82-73-74(72-81-75(78)69-66-63-60-57-54-51-48-45-42-33-30-27-24-21-18-15-12-9-6-3)83-77(80)71-68-65-62-59-56-53-50-47-44-40-35-32-29-26-23-20-17-14-11-8-5-2/h31,34,74H,4-30,32-33,35-73H2,1-3H3/b34-31-. The number of carbonyl (C=O) groups excluding carboxylic acids is 3. The smallest absolute Gasteiger partial charge is 0.306 e. The molecule has 0 aliphatic rings. The van der Waals surface area contributed by atoms with Gasteiger partial charge in [-0.3, -0.25) is 14.4 Å². The lowest BCUT2D eigenvalue weighted by molar-refractivity contribution is -0.167. The first kappa shape index (κ1) is 81.2. The molecule has 0 spiro atoms. The van der Waals surface area contributed by atoms with Crippen molar-refractivity contribution in [3.8, 4) is 0 Å². The zero-order valence-corrected chi connectivity index (χ0v) is 56.8. The molecule has 0 radical (unpaired) electrons. The van der Waals surface area contributed by atoms with Gasteiger partial charge in [0.05, 0.1) is 0 Å². The molecule has 0 bridgehead atoms. The summed E-state index contributed by atoms with van der Waals surface area (Å²) in [6.45, 7) is 6.75. The van der Waals surface area contributed by atoms with Crippen LogP contribution in [0.3, 0.4) is 0 Å². The van der Waals surface area contributed by atoms with Crippen LogP contribution in [0.5, 0.6) is 0 Å². The van der Waals surface area contributed by atoms with Crippen LogP contribution in [0.2, 0.25) is 0 Å². The second-order valence-electron chi connectivity index (χ2n) is 26.3. The monoisotopic (exact) mass is 1170 g/mol. The lowest BCUT2D eigenvalue weighted by Gasteiger charge is -2.18. The summed E-state index contributed by atoms with van der Waals surface area (Å²) in [4.78, 5) is 38.6. The van der Waals surface area contributed by atoms with Crippen LogP contribution >= 0.6 is 0 Å². The van der Waals surface area contributed by atoms with Crippen molar-refractivity contribution in [1.29, 1.82) is 0 Å². The summed E-state index contributed by atoms with van der Waals surface area (Å²) in [6, 6.07) is 0. The number of hydrogen-bond donors (Lipinski definition) is 0. The Morgan fingerprint density at radius 2 is 0.398 bits per heavy atom. The van der Waals surface area contributed by atoms with Crippen molar-refractivity contribution < 1.29 is 28.6 Å². The van der Waals surface area contributed by atoms with Crippen LogP contribution in [-0.4, -0.2) is 37.2 Å². The quantitative estimate of drug-likeness (QED) is 0.0261. The van der Waals surface area contributed by atoms with Gasteiger partial charge in [0.2, 0.25) is 0 Å². The summed E-state index contributed by atoms with van der Waals surface area (Å²) in [7, 11) is 0. The predicted octanol–water partition coefficient (Wildman–Crippen LogP) is 26.3. The van der Waals surface area contributed by atoms with Crippen molar-refractivity contribution in [2.45, 2.75) is 451 Å². The first-order chi connectivity index (χ1) is 41.0. The molecule has 0 N–H and O–H groups in total. The fourth-order valence-corrected chi connectivity index (χ4v) is 12.0. The van der Waals surface area contributed by atoms with Crippen molar-refractivity contribution in [2.75, 3.05) is 13.2 Å². The first-order valence-corrected chi connectivity index (χ1v) is 38.2. The highest BCUT2D eigenvalue weighted by Gasteiger charge is 2.20. The Morgan fingerprint density at radius 1 is 0.229 bits per heavy atom. The van der Waals surface area contributed by atoms with Crippen molar-refractivity contribution in [3.63, 3.8) is 0 Å². The van der Waals surface area contributed by atoms with Crippen LogP contribution in [0.25, 0.3) is 0 Å². The zero-order chi connectivity index (χ0) is 59.9. The third kappa shape index (κ3) is 70.8. The molecule has 1 atom stereocenters. The Labute approximate surface area is 520 Å². The predicted molar refractivity (Wildman–Crippen MR) is 363 cm³/mol. The highest BCUT2D eigenvalue weighted by atomic mass is 16.6. The van der Waals surface area contributed by atoms with Gasteiger partial charge in [0, 0.05) is 19.3 Å². The number of carbonyl (C=O) groups is 3. The molecule has 83 heavy (non-hydrogen) atoms. The summed E-state index contributed by atoms with van der Waals surface area (Å²) >= 11 is 0. The summed E-state index contributed by atoms with van der Waals surface area (Å²) in [5.74, 6) is -0.819. The molecule has 6 nitrogen and oxygen atoms in total. The van der Waals surface area contributed by atoms with E-state index in [1.54, 1.807) is 0 Å². The lowest BCUT2D eigenvalue weighted by atomic mass is 10.0. The largest absolute Gasteiger partial charge is 0.462 e. The molecular weight excluding hydrogens is 1020 g/mol. The van der Waals surface area contributed by atoms with Crippen molar-refractivity contribution in [2.24, 2.45) is 0 Å². The SMILES string of the molecule is CCCCCCCCCC/C=C\CCCCCCCCCCCCCCCC(=O)OCC(COC(=O)CCCCCCCCCCCCCCCCCCCCC)OC(=O)CCCCCCCCCCCCCCCCCCCCCCC. The fraction of sp³-hybridized carbons (Fsp3) is 0.935. The van der Waals surface area contributed by atoms with Gasteiger partial charge < -0.3 is 14.2 Å². The van der Waals surface area contributed by atoms with Crippen molar-refractivity contribution in [3.05, 3.63) is 12.2 Å². The molecule has 0 aromatic carbocycles. The summed E-state index contributed by atoms with van der Waals surface area (Å²) < 4.78 is 17.1. The minimum absolute atomic E-state index is 0.0619. The third-order valence-electron chi connectivity index (χ3n) is 17.8. The lowest BCUT2D eigenvalue weighted by Crippen LogP contribution is -2.30. The number of allylic oxidation sites excluding steroid dienone is 2. The highest BCUT2D eigenvalue weighted by molar-refractivity contribution is 5.71. The van der Waals surface area contributed by atoms with E-state index in [0.29, 0.717) is 19.3 Å². The second-order valence-corrected chi connectivity index (χ2v) is 26.3. The molecule has 0 aliphatic heterocycles.